The number of hydrogen-bond donors (Lipinski definition) is 1. The van der Waals surface area contributed by atoms with E-state index in [9.17, 15) is 18.0 Å². The lowest BCUT2D eigenvalue weighted by Gasteiger charge is -2.30. The Morgan fingerprint density at radius 1 is 0.667 bits per heavy atom. The first-order chi connectivity index (χ1) is 17.4. The van der Waals surface area contributed by atoms with Gasteiger partial charge in [0.1, 0.15) is 17.2 Å². The quantitative estimate of drug-likeness (QED) is 0.486. The highest BCUT2D eigenvalue weighted by Crippen LogP contribution is 2.33. The summed E-state index contributed by atoms with van der Waals surface area (Å²) in [6, 6.07) is 22.0. The van der Waals surface area contributed by atoms with Crippen LogP contribution in [-0.4, -0.2) is 38.0 Å². The number of allylic oxidation sites excluding steroid dienone is 2. The summed E-state index contributed by atoms with van der Waals surface area (Å²) in [4.78, 5) is 28.3. The number of Topliss-reactive ketones (excluding diaryl/α,β-unsaturated/α-hetero) is 2. The summed E-state index contributed by atoms with van der Waals surface area (Å²) in [6.45, 7) is 1.06. The normalized spacial score (nSPS) is 16.4. The minimum Gasteiger partial charge on any atom is -0.457 e. The maximum atomic E-state index is 13.6. The third kappa shape index (κ3) is 4.77. The van der Waals surface area contributed by atoms with Gasteiger partial charge in [0.05, 0.1) is 0 Å². The van der Waals surface area contributed by atoms with Crippen LogP contribution in [0.25, 0.3) is 0 Å². The van der Waals surface area contributed by atoms with E-state index in [0.29, 0.717) is 24.6 Å². The molecule has 1 heterocycles. The van der Waals surface area contributed by atoms with Gasteiger partial charge in [0.15, 0.2) is 4.91 Å². The van der Waals surface area contributed by atoms with E-state index in [1.165, 1.54) is 6.07 Å². The van der Waals surface area contributed by atoms with Crippen LogP contribution in [-0.2, 0) is 10.0 Å². The highest BCUT2D eigenvalue weighted by Gasteiger charge is 2.41. The van der Waals surface area contributed by atoms with Gasteiger partial charge >= 0.3 is 0 Å². The number of carbonyl (C=O) groups is 2. The van der Waals surface area contributed by atoms with Gasteiger partial charge in [-0.15, -0.1) is 0 Å². The molecular weight excluding hydrogens is 476 g/mol. The van der Waals surface area contributed by atoms with Crippen LogP contribution >= 0.6 is 0 Å². The number of anilines is 1. The fraction of sp³-hybridized carbons (Fsp3) is 0.214. The van der Waals surface area contributed by atoms with Crippen molar-refractivity contribution in [2.45, 2.75) is 25.7 Å². The maximum absolute atomic E-state index is 13.6. The number of benzene rings is 3. The lowest BCUT2D eigenvalue weighted by molar-refractivity contribution is 0.0947. The molecule has 7 nitrogen and oxygen atoms in total. The van der Waals surface area contributed by atoms with E-state index in [1.807, 2.05) is 30.3 Å². The van der Waals surface area contributed by atoms with Crippen molar-refractivity contribution >= 4 is 27.3 Å². The first kappa shape index (κ1) is 23.8. The van der Waals surface area contributed by atoms with E-state index >= 15 is 0 Å². The fourth-order valence-corrected chi connectivity index (χ4v) is 5.97. The minimum atomic E-state index is -4.37. The Balaban J connectivity index is 1.49. The van der Waals surface area contributed by atoms with Crippen LogP contribution in [0.1, 0.15) is 46.4 Å². The topological polar surface area (TPSA) is 92.8 Å². The van der Waals surface area contributed by atoms with Gasteiger partial charge in [0.25, 0.3) is 10.0 Å². The van der Waals surface area contributed by atoms with Gasteiger partial charge in [-0.1, -0.05) is 55.3 Å². The molecule has 184 valence electrons. The molecular formula is C28H26N2O5S. The SMILES string of the molecule is O=C1C(N2CCCCCC2)=C(S(=O)(=O)Nc2ccc(Oc3ccccc3)cc2)C(=O)c2ccccc21. The van der Waals surface area contributed by atoms with Gasteiger partial charge < -0.3 is 9.64 Å². The molecule has 3 aromatic rings. The van der Waals surface area contributed by atoms with Gasteiger partial charge in [0.2, 0.25) is 11.6 Å². The summed E-state index contributed by atoms with van der Waals surface area (Å²) in [7, 11) is -4.37. The standard InChI is InChI=1S/C28H26N2O5S/c31-26-23-12-6-7-13-24(23)27(32)28(25(26)30-18-8-1-2-9-19-30)36(33,34)29-20-14-16-22(17-15-20)35-21-10-4-3-5-11-21/h3-7,10-17,29H,1-2,8-9,18-19H2. The Morgan fingerprint density at radius 2 is 1.22 bits per heavy atom. The highest BCUT2D eigenvalue weighted by atomic mass is 32.2. The van der Waals surface area contributed by atoms with Crippen molar-refractivity contribution < 1.29 is 22.7 Å². The number of nitrogens with one attached hydrogen (secondary N) is 1. The van der Waals surface area contributed by atoms with E-state index in [0.717, 1.165) is 25.7 Å². The summed E-state index contributed by atoms with van der Waals surface area (Å²) in [6.07, 6.45) is 3.66. The average molecular weight is 503 g/mol. The largest absolute Gasteiger partial charge is 0.457 e. The molecule has 8 heteroatoms. The Hall–Kier alpha value is -3.91. The van der Waals surface area contributed by atoms with Gasteiger partial charge in [-0.25, -0.2) is 8.42 Å². The lowest BCUT2D eigenvalue weighted by Crippen LogP contribution is -2.38. The molecule has 5 rings (SSSR count). The highest BCUT2D eigenvalue weighted by molar-refractivity contribution is 7.97. The van der Waals surface area contributed by atoms with Crippen LogP contribution in [0.4, 0.5) is 5.69 Å². The summed E-state index contributed by atoms with van der Waals surface area (Å²) < 4.78 is 35.5. The second kappa shape index (κ2) is 9.99. The average Bonchev–Trinajstić information content (AvgIpc) is 3.17. The van der Waals surface area contributed by atoms with Gasteiger partial charge in [-0.05, 0) is 49.2 Å². The molecule has 1 aliphatic carbocycles. The first-order valence-corrected chi connectivity index (χ1v) is 13.5. The number of carbonyl (C=O) groups excluding carboxylic acids is 2. The molecule has 0 bridgehead atoms. The van der Waals surface area contributed by atoms with E-state index in [4.69, 9.17) is 4.74 Å². The molecule has 0 aromatic heterocycles. The number of hydrogen-bond acceptors (Lipinski definition) is 6. The zero-order valence-electron chi connectivity index (χ0n) is 19.6. The molecule has 36 heavy (non-hydrogen) atoms. The van der Waals surface area contributed by atoms with Crippen LogP contribution in [0, 0.1) is 0 Å². The molecule has 1 fully saturated rings. The Bertz CT molecular complexity index is 1420. The number of para-hydroxylation sites is 1. The molecule has 0 unspecified atom stereocenters. The van der Waals surface area contributed by atoms with Crippen LogP contribution in [0.15, 0.2) is 89.5 Å². The maximum Gasteiger partial charge on any atom is 0.268 e. The Morgan fingerprint density at radius 3 is 1.86 bits per heavy atom. The van der Waals surface area contributed by atoms with Gasteiger partial charge in [0, 0.05) is 29.9 Å². The van der Waals surface area contributed by atoms with Crippen LogP contribution in [0.3, 0.4) is 0 Å². The number of fused-ring (bicyclic) bond motifs is 1. The zero-order valence-corrected chi connectivity index (χ0v) is 20.5. The van der Waals surface area contributed by atoms with Crippen molar-refractivity contribution in [2.75, 3.05) is 17.8 Å². The summed E-state index contributed by atoms with van der Waals surface area (Å²) in [5.74, 6) is 0.0922. The van der Waals surface area contributed by atoms with Crippen LogP contribution in [0.5, 0.6) is 11.5 Å². The van der Waals surface area contributed by atoms with Crippen molar-refractivity contribution in [1.82, 2.24) is 4.90 Å². The molecule has 1 saturated heterocycles. The van der Waals surface area contributed by atoms with Crippen molar-refractivity contribution in [3.63, 3.8) is 0 Å². The predicted octanol–water partition coefficient (Wildman–Crippen LogP) is 5.39. The monoisotopic (exact) mass is 502 g/mol. The Kier molecular flexibility index (Phi) is 6.61. The molecule has 1 N–H and O–H groups in total. The third-order valence-corrected chi connectivity index (χ3v) is 7.75. The molecule has 3 aromatic carbocycles. The third-order valence-electron chi connectivity index (χ3n) is 6.33. The van der Waals surface area contributed by atoms with Crippen LogP contribution in [0.2, 0.25) is 0 Å². The number of sulfonamides is 1. The van der Waals surface area contributed by atoms with Crippen molar-refractivity contribution in [3.8, 4) is 11.5 Å². The van der Waals surface area contributed by atoms with E-state index in [2.05, 4.69) is 4.72 Å². The number of ether oxygens (including phenoxy) is 1. The molecule has 0 amide bonds. The number of nitrogens with zero attached hydrogens (tertiary/aromatic N) is 1. The van der Waals surface area contributed by atoms with Gasteiger partial charge in [-0.2, -0.15) is 0 Å². The lowest BCUT2D eigenvalue weighted by atomic mass is 9.91. The van der Waals surface area contributed by atoms with Gasteiger partial charge in [-0.3, -0.25) is 14.3 Å². The zero-order chi connectivity index (χ0) is 25.1. The minimum absolute atomic E-state index is 0.0304. The number of likely N-dealkylation sites (tertiary alicyclic amines) is 1. The molecule has 2 aliphatic rings. The molecule has 0 atom stereocenters. The first-order valence-electron chi connectivity index (χ1n) is 12.0. The number of ketones is 2. The van der Waals surface area contributed by atoms with Crippen molar-refractivity contribution in [1.29, 1.82) is 0 Å². The summed E-state index contributed by atoms with van der Waals surface area (Å²) >= 11 is 0. The second-order valence-corrected chi connectivity index (χ2v) is 10.4. The van der Waals surface area contributed by atoms with E-state index < -0.39 is 26.5 Å². The van der Waals surface area contributed by atoms with Crippen molar-refractivity contribution in [3.05, 3.63) is 101 Å². The summed E-state index contributed by atoms with van der Waals surface area (Å²) in [5.41, 5.74) is 0.575. The van der Waals surface area contributed by atoms with Crippen molar-refractivity contribution in [2.24, 2.45) is 0 Å². The van der Waals surface area contributed by atoms with Crippen LogP contribution < -0.4 is 9.46 Å². The van der Waals surface area contributed by atoms with E-state index in [-0.39, 0.29) is 22.5 Å². The molecule has 1 aliphatic heterocycles. The smallest absolute Gasteiger partial charge is 0.268 e. The molecule has 0 spiro atoms. The fourth-order valence-electron chi connectivity index (χ4n) is 4.59. The Labute approximate surface area is 210 Å². The molecule has 0 radical (unpaired) electrons. The summed E-state index contributed by atoms with van der Waals surface area (Å²) in [5, 5.41) is 0. The van der Waals surface area contributed by atoms with E-state index in [1.54, 1.807) is 47.4 Å². The predicted molar refractivity (Wildman–Crippen MR) is 138 cm³/mol. The molecule has 0 saturated carbocycles. The second-order valence-electron chi connectivity index (χ2n) is 8.83. The number of rotatable bonds is 6.